The van der Waals surface area contributed by atoms with Gasteiger partial charge in [0.2, 0.25) is 0 Å². The third-order valence-corrected chi connectivity index (χ3v) is 0. The molecule has 6 radical (unpaired) electrons. The van der Waals surface area contributed by atoms with Gasteiger partial charge >= 0.3 is 185 Å². The molecule has 0 saturated heterocycles. The molecule has 0 atom stereocenters. The molecule has 13 N–H and O–H groups in total. The second kappa shape index (κ2) is 76.9. The Hall–Kier alpha value is 4.64. The van der Waals surface area contributed by atoms with Gasteiger partial charge in [0.05, 0.1) is 0 Å². The molecule has 31 heteroatoms. The summed E-state index contributed by atoms with van der Waals surface area (Å²) in [6, 6.07) is 0. The molecule has 0 amide bonds. The van der Waals surface area contributed by atoms with Gasteiger partial charge in [-0.2, -0.15) is 0 Å². The van der Waals surface area contributed by atoms with Crippen molar-refractivity contribution in [3.63, 3.8) is 0 Å². The summed E-state index contributed by atoms with van der Waals surface area (Å²) in [5.41, 5.74) is 0.667. The van der Waals surface area contributed by atoms with Crippen LogP contribution in [0.15, 0.2) is 0 Å². The first kappa shape index (κ1) is 83.3. The van der Waals surface area contributed by atoms with Gasteiger partial charge in [-0.15, -0.1) is 74.4 Å². The van der Waals surface area contributed by atoms with Crippen LogP contribution in [0.25, 0.3) is 0 Å². The van der Waals surface area contributed by atoms with Crippen LogP contribution in [0.4, 0.5) is 0 Å². The van der Waals surface area contributed by atoms with Crippen LogP contribution in [0, 0.1) is 5.41 Å². The van der Waals surface area contributed by atoms with Crippen LogP contribution in [0.3, 0.4) is 0 Å². The van der Waals surface area contributed by atoms with Crippen molar-refractivity contribution >= 4 is 206 Å². The Balaban J connectivity index is -0.0000000134. The predicted molar refractivity (Wildman–Crippen MR) is 128 cm³/mol. The van der Waals surface area contributed by atoms with Gasteiger partial charge in [-0.05, 0) is 13.8 Å². The van der Waals surface area contributed by atoms with E-state index in [-0.39, 0.29) is 74.4 Å². The van der Waals surface area contributed by atoms with E-state index < -0.39 is 126 Å². The normalized spacial score (nSPS) is 5.35. The first-order valence-corrected chi connectivity index (χ1v) is 24.7. The van der Waals surface area contributed by atoms with Crippen molar-refractivity contribution < 1.29 is 58.7 Å². The van der Waals surface area contributed by atoms with Crippen molar-refractivity contribution in [3.8, 4) is 0 Å². The Labute approximate surface area is 279 Å². The van der Waals surface area contributed by atoms with E-state index in [0.717, 1.165) is 0 Å². The zero-order valence-corrected chi connectivity index (χ0v) is 36.2. The van der Waals surface area contributed by atoms with E-state index in [1.165, 1.54) is 0 Å². The molecule has 34 heavy (non-hydrogen) atoms. The van der Waals surface area contributed by atoms with Gasteiger partial charge in [0, 0.05) is 5.71 Å². The van der Waals surface area contributed by atoms with E-state index in [1.54, 1.807) is 13.8 Å². The summed E-state index contributed by atoms with van der Waals surface area (Å²) in [5.74, 6) is 0. The molecule has 0 fully saturated rings. The van der Waals surface area contributed by atoms with Gasteiger partial charge in [0.25, 0.3) is 0 Å². The van der Waals surface area contributed by atoms with Crippen LogP contribution in [0.1, 0.15) is 13.8 Å². The molecule has 0 spiro atoms. The Bertz CT molecular complexity index is 341. The molecule has 0 saturated carbocycles. The summed E-state index contributed by atoms with van der Waals surface area (Å²) < 4.78 is 140. The van der Waals surface area contributed by atoms with E-state index in [9.17, 15) is 0 Å². The van der Waals surface area contributed by atoms with Crippen LogP contribution in [0.5, 0.6) is 0 Å². The molecule has 0 aromatic heterocycles. The zero-order chi connectivity index (χ0) is 25.0. The van der Waals surface area contributed by atoms with Crippen LogP contribution in [-0.2, 0) is 18.1 Å². The molecule has 0 aromatic carbocycles. The fourth-order valence-corrected chi connectivity index (χ4v) is 0. The molecule has 222 valence electrons. The summed E-state index contributed by atoms with van der Waals surface area (Å²) in [4.78, 5) is 0. The summed E-state index contributed by atoms with van der Waals surface area (Å²) >= 11 is -22.2. The van der Waals surface area contributed by atoms with Crippen molar-refractivity contribution in [2.75, 3.05) is 0 Å². The standard InChI is InChI=1S/C3H7N.6ClH.12H2O.6O.6Sb/c1-3(2)4;;;;;;;;;;;;;;;;;;;;;;;;;;;;;;/h4H,1-2H3;6*1H;12*1H2;;;;;;;;;;;;/q;;;;;;;;;;;;;;;;;;;;;;;;;6*+2/p-12. The van der Waals surface area contributed by atoms with E-state index in [4.69, 9.17) is 64.1 Å². The molecule has 0 unspecified atom stereocenters. The van der Waals surface area contributed by atoms with E-state index >= 15 is 0 Å². The fourth-order valence-electron chi connectivity index (χ4n) is 0. The van der Waals surface area contributed by atoms with Gasteiger partial charge in [-0.3, -0.25) is 0 Å². The van der Waals surface area contributed by atoms with Crippen molar-refractivity contribution in [1.29, 1.82) is 5.41 Å². The topological polar surface area (TPSA) is 369 Å². The minimum absolute atomic E-state index is 0. The van der Waals surface area contributed by atoms with Gasteiger partial charge in [-0.1, -0.05) is 0 Å². The first-order valence-electron chi connectivity index (χ1n) is 4.75. The number of halogens is 6. The average Bonchev–Trinajstić information content (AvgIpc) is 2.20. The summed E-state index contributed by atoms with van der Waals surface area (Å²) in [6.45, 7) is 3.50. The molecule has 19 nitrogen and oxygen atoms in total. The van der Waals surface area contributed by atoms with E-state index in [0.29, 0.717) is 5.71 Å². The molecular weight excluding hydrogens is 1280 g/mol. The molecule has 0 aromatic rings. The van der Waals surface area contributed by atoms with Crippen molar-refractivity contribution in [1.82, 2.24) is 0 Å². The molecular formula is C3H25Cl6NO18Sb6. The molecule has 0 bridgehead atoms. The number of nitrogens with one attached hydrogen (secondary N) is 1. The van der Waals surface area contributed by atoms with E-state index in [2.05, 4.69) is 0 Å². The molecule has 0 aliphatic heterocycles. The monoisotopic (exact) mass is 1300 g/mol. The Kier molecular flexibility index (Phi) is 188. The summed E-state index contributed by atoms with van der Waals surface area (Å²) in [7, 11) is 0. The van der Waals surface area contributed by atoms with Crippen molar-refractivity contribution in [2.24, 2.45) is 0 Å². The predicted octanol–water partition coefficient (Wildman–Crippen LogP) is -6.10. The number of rotatable bonds is 0. The molecule has 0 heterocycles. The second-order valence-corrected chi connectivity index (χ2v) is 11.2. The Morgan fingerprint density at radius 3 is 0.382 bits per heavy atom. The number of hydrogen-bond donors (Lipinski definition) is 13. The van der Waals surface area contributed by atoms with E-state index in [1.807, 2.05) is 0 Å². The molecule has 0 rings (SSSR count). The average molecular weight is 1310 g/mol. The Morgan fingerprint density at radius 2 is 0.382 bits per heavy atom. The SMILES string of the molecule is CC(C)=N.Cl.Cl.Cl.Cl.Cl.Cl.[O]=[Sb]([OH])[OH].[O]=[Sb]([OH])[OH].[O]=[Sb]([OH])[OH].[O]=[Sb]([OH])[OH].[O]=[Sb]([OH])[OH].[O]=[Sb]([OH])[OH]. The van der Waals surface area contributed by atoms with Gasteiger partial charge in [0.15, 0.2) is 0 Å². The molecule has 0 aliphatic carbocycles. The second-order valence-electron chi connectivity index (χ2n) is 2.52. The maximum atomic E-state index is 8.82. The van der Waals surface area contributed by atoms with Gasteiger partial charge < -0.3 is 5.41 Å². The molecule has 0 aliphatic rings. The maximum absolute atomic E-state index is 8.82. The van der Waals surface area contributed by atoms with Crippen LogP contribution >= 0.6 is 74.4 Å². The van der Waals surface area contributed by atoms with Crippen LogP contribution in [0.2, 0.25) is 0 Å². The van der Waals surface area contributed by atoms with Crippen LogP contribution in [-0.4, -0.2) is 173 Å². The third kappa shape index (κ3) is 2160. The summed E-state index contributed by atoms with van der Waals surface area (Å²) in [5, 5.41) is 6.50. The van der Waals surface area contributed by atoms with Crippen LogP contribution < -0.4 is 0 Å². The minimum atomic E-state index is -3.70. The summed E-state index contributed by atoms with van der Waals surface area (Å²) in [6.07, 6.45) is 0. The van der Waals surface area contributed by atoms with Crippen molar-refractivity contribution in [3.05, 3.63) is 0 Å². The zero-order valence-electron chi connectivity index (χ0n) is 15.9. The van der Waals surface area contributed by atoms with Crippen molar-refractivity contribution in [2.45, 2.75) is 13.8 Å². The Morgan fingerprint density at radius 1 is 0.382 bits per heavy atom. The third-order valence-electron chi connectivity index (χ3n) is 0. The first-order chi connectivity index (χ1) is 12.1. The fraction of sp³-hybridized carbons (Fsp3) is 0.667. The quantitative estimate of drug-likeness (QED) is 0.0793. The number of hydrogen-bond acceptors (Lipinski definition) is 7. The van der Waals surface area contributed by atoms with Gasteiger partial charge in [0.1, 0.15) is 0 Å². The van der Waals surface area contributed by atoms with Gasteiger partial charge in [-0.25, -0.2) is 0 Å².